The van der Waals surface area contributed by atoms with E-state index in [1.165, 1.54) is 17.0 Å². The first kappa shape index (κ1) is 16.3. The van der Waals surface area contributed by atoms with Crippen LogP contribution in [0.4, 0.5) is 4.39 Å². The van der Waals surface area contributed by atoms with Crippen molar-refractivity contribution in [2.24, 2.45) is 0 Å². The van der Waals surface area contributed by atoms with Crippen LogP contribution in [0.2, 0.25) is 0 Å². The molecule has 2 aromatic carbocycles. The van der Waals surface area contributed by atoms with E-state index in [4.69, 9.17) is 4.42 Å². The maximum atomic E-state index is 13.3. The van der Waals surface area contributed by atoms with Gasteiger partial charge in [0.25, 0.3) is 11.8 Å². The van der Waals surface area contributed by atoms with Gasteiger partial charge in [-0.25, -0.2) is 4.39 Å². The number of halogens is 1. The molecule has 2 amide bonds. The molecular weight excluding hydrogens is 333 g/mol. The highest BCUT2D eigenvalue weighted by Crippen LogP contribution is 2.30. The molecule has 5 heteroatoms. The maximum Gasteiger partial charge on any atom is 0.261 e. The lowest BCUT2D eigenvalue weighted by atomic mass is 9.93. The van der Waals surface area contributed by atoms with E-state index in [2.05, 4.69) is 0 Å². The number of furan rings is 1. The predicted octanol–water partition coefficient (Wildman–Crippen LogP) is 4.24. The molecule has 1 aromatic heterocycles. The highest BCUT2D eigenvalue weighted by atomic mass is 19.1. The van der Waals surface area contributed by atoms with E-state index in [1.54, 1.807) is 48.7 Å². The minimum Gasteiger partial charge on any atom is -0.469 e. The lowest BCUT2D eigenvalue weighted by Gasteiger charge is -2.19. The molecule has 4 rings (SSSR count). The first-order valence-corrected chi connectivity index (χ1v) is 8.39. The fourth-order valence-corrected chi connectivity index (χ4v) is 3.36. The van der Waals surface area contributed by atoms with Gasteiger partial charge in [0.05, 0.1) is 17.4 Å². The van der Waals surface area contributed by atoms with Gasteiger partial charge in [-0.3, -0.25) is 14.5 Å². The molecule has 0 bridgehead atoms. The van der Waals surface area contributed by atoms with Gasteiger partial charge in [0.1, 0.15) is 11.6 Å². The fourth-order valence-electron chi connectivity index (χ4n) is 3.36. The standard InChI is InChI=1S/C21H16FNO3/c22-15-9-7-14(8-10-15)16(19-6-3-13-26-19)11-12-23-20(24)17-4-1-2-5-18(17)21(23)25/h1-10,13,16H,11-12H2/t16-/m0/s1. The number of fused-ring (bicyclic) bond motifs is 1. The summed E-state index contributed by atoms with van der Waals surface area (Å²) in [6.45, 7) is 0.259. The molecule has 1 atom stereocenters. The summed E-state index contributed by atoms with van der Waals surface area (Å²) in [5.41, 5.74) is 1.75. The molecule has 4 nitrogen and oxygen atoms in total. The Hall–Kier alpha value is -3.21. The third-order valence-corrected chi connectivity index (χ3v) is 4.68. The summed E-state index contributed by atoms with van der Waals surface area (Å²) in [5, 5.41) is 0. The Morgan fingerprint density at radius 3 is 2.12 bits per heavy atom. The lowest BCUT2D eigenvalue weighted by Crippen LogP contribution is -2.31. The molecule has 0 saturated heterocycles. The second-order valence-electron chi connectivity index (χ2n) is 6.22. The quantitative estimate of drug-likeness (QED) is 0.648. The number of benzene rings is 2. The van der Waals surface area contributed by atoms with Gasteiger partial charge >= 0.3 is 0 Å². The Labute approximate surface area is 149 Å². The van der Waals surface area contributed by atoms with Crippen LogP contribution in [0.1, 0.15) is 44.4 Å². The first-order chi connectivity index (χ1) is 12.6. The zero-order valence-electron chi connectivity index (χ0n) is 13.9. The molecule has 0 unspecified atom stereocenters. The number of rotatable bonds is 5. The van der Waals surface area contributed by atoms with Crippen molar-refractivity contribution in [3.8, 4) is 0 Å². The van der Waals surface area contributed by atoms with Crippen molar-refractivity contribution in [3.63, 3.8) is 0 Å². The number of nitrogens with zero attached hydrogens (tertiary/aromatic N) is 1. The third kappa shape index (κ3) is 2.81. The van der Waals surface area contributed by atoms with Gasteiger partial charge in [-0.2, -0.15) is 0 Å². The Morgan fingerprint density at radius 1 is 0.885 bits per heavy atom. The van der Waals surface area contributed by atoms with Crippen LogP contribution in [0, 0.1) is 5.82 Å². The molecule has 130 valence electrons. The molecule has 26 heavy (non-hydrogen) atoms. The van der Waals surface area contributed by atoms with Crippen molar-refractivity contribution in [1.29, 1.82) is 0 Å². The van der Waals surface area contributed by atoms with E-state index >= 15 is 0 Å². The highest BCUT2D eigenvalue weighted by molar-refractivity contribution is 6.21. The molecule has 0 fully saturated rings. The summed E-state index contributed by atoms with van der Waals surface area (Å²) in [4.78, 5) is 26.3. The fraction of sp³-hybridized carbons (Fsp3) is 0.143. The number of imide groups is 1. The van der Waals surface area contributed by atoms with Crippen molar-refractivity contribution in [2.45, 2.75) is 12.3 Å². The number of hydrogen-bond acceptors (Lipinski definition) is 3. The average Bonchev–Trinajstić information content (AvgIpc) is 3.27. The van der Waals surface area contributed by atoms with Gasteiger partial charge in [0.2, 0.25) is 0 Å². The second-order valence-corrected chi connectivity index (χ2v) is 6.22. The summed E-state index contributed by atoms with van der Waals surface area (Å²) >= 11 is 0. The molecule has 0 saturated carbocycles. The normalized spacial score (nSPS) is 14.6. The van der Waals surface area contributed by atoms with Crippen LogP contribution in [0.3, 0.4) is 0 Å². The molecule has 0 radical (unpaired) electrons. The van der Waals surface area contributed by atoms with E-state index in [-0.39, 0.29) is 30.1 Å². The van der Waals surface area contributed by atoms with Crippen molar-refractivity contribution in [2.75, 3.05) is 6.54 Å². The van der Waals surface area contributed by atoms with Crippen LogP contribution in [0.15, 0.2) is 71.3 Å². The van der Waals surface area contributed by atoms with Gasteiger partial charge in [0.15, 0.2) is 0 Å². The summed E-state index contributed by atoms with van der Waals surface area (Å²) in [6.07, 6.45) is 2.07. The molecule has 2 heterocycles. The highest BCUT2D eigenvalue weighted by Gasteiger charge is 2.35. The van der Waals surface area contributed by atoms with Crippen molar-refractivity contribution in [1.82, 2.24) is 4.90 Å². The number of amides is 2. The third-order valence-electron chi connectivity index (χ3n) is 4.68. The van der Waals surface area contributed by atoms with Gasteiger partial charge in [-0.05, 0) is 48.4 Å². The topological polar surface area (TPSA) is 50.5 Å². The largest absolute Gasteiger partial charge is 0.469 e. The Bertz CT molecular complexity index is 913. The molecule has 0 spiro atoms. The zero-order valence-corrected chi connectivity index (χ0v) is 13.9. The van der Waals surface area contributed by atoms with E-state index < -0.39 is 0 Å². The Balaban J connectivity index is 1.57. The smallest absolute Gasteiger partial charge is 0.261 e. The SMILES string of the molecule is O=C1c2ccccc2C(=O)N1CC[C@@H](c1ccc(F)cc1)c1ccco1. The molecular formula is C21H16FNO3. The first-order valence-electron chi connectivity index (χ1n) is 8.39. The van der Waals surface area contributed by atoms with Crippen LogP contribution < -0.4 is 0 Å². The lowest BCUT2D eigenvalue weighted by molar-refractivity contribution is 0.0650. The maximum absolute atomic E-state index is 13.3. The predicted molar refractivity (Wildman–Crippen MR) is 93.4 cm³/mol. The Kier molecular flexibility index (Phi) is 4.13. The molecule has 1 aliphatic heterocycles. The number of hydrogen-bond donors (Lipinski definition) is 0. The van der Waals surface area contributed by atoms with E-state index in [0.29, 0.717) is 23.3 Å². The summed E-state index contributed by atoms with van der Waals surface area (Å²) < 4.78 is 18.8. The Morgan fingerprint density at radius 2 is 1.54 bits per heavy atom. The monoisotopic (exact) mass is 349 g/mol. The van der Waals surface area contributed by atoms with Crippen molar-refractivity contribution >= 4 is 11.8 Å². The molecule has 0 aliphatic carbocycles. The summed E-state index contributed by atoms with van der Waals surface area (Å²) in [6, 6.07) is 16.6. The van der Waals surface area contributed by atoms with Gasteiger partial charge < -0.3 is 4.42 Å². The van der Waals surface area contributed by atoms with Crippen molar-refractivity contribution < 1.29 is 18.4 Å². The van der Waals surface area contributed by atoms with Crippen LogP contribution in [0.25, 0.3) is 0 Å². The van der Waals surface area contributed by atoms with Crippen LogP contribution in [-0.4, -0.2) is 23.3 Å². The van der Waals surface area contributed by atoms with Crippen LogP contribution in [-0.2, 0) is 0 Å². The zero-order chi connectivity index (χ0) is 18.1. The van der Waals surface area contributed by atoms with E-state index in [0.717, 1.165) is 5.56 Å². The van der Waals surface area contributed by atoms with Crippen LogP contribution >= 0.6 is 0 Å². The average molecular weight is 349 g/mol. The van der Waals surface area contributed by atoms with Crippen molar-refractivity contribution in [3.05, 3.63) is 95.2 Å². The second kappa shape index (κ2) is 6.59. The summed E-state index contributed by atoms with van der Waals surface area (Å²) in [7, 11) is 0. The van der Waals surface area contributed by atoms with Gasteiger partial charge in [-0.15, -0.1) is 0 Å². The van der Waals surface area contributed by atoms with Gasteiger partial charge in [-0.1, -0.05) is 24.3 Å². The number of carbonyl (C=O) groups is 2. The minimum absolute atomic E-state index is 0.171. The van der Waals surface area contributed by atoms with Crippen LogP contribution in [0.5, 0.6) is 0 Å². The summed E-state index contributed by atoms with van der Waals surface area (Å²) in [5.74, 6) is -0.318. The minimum atomic E-state index is -0.313. The molecule has 1 aliphatic rings. The van der Waals surface area contributed by atoms with E-state index in [9.17, 15) is 14.0 Å². The van der Waals surface area contributed by atoms with E-state index in [1.807, 2.05) is 6.07 Å². The molecule has 0 N–H and O–H groups in total. The number of carbonyl (C=O) groups excluding carboxylic acids is 2. The molecule has 3 aromatic rings. The van der Waals surface area contributed by atoms with Gasteiger partial charge in [0, 0.05) is 12.5 Å².